The minimum atomic E-state index is -0.0265. The summed E-state index contributed by atoms with van der Waals surface area (Å²) in [6.45, 7) is 4.73. The van der Waals surface area contributed by atoms with E-state index in [1.54, 1.807) is 6.33 Å². The number of anilines is 1. The highest BCUT2D eigenvalue weighted by Crippen LogP contribution is 2.20. The molecule has 0 bridgehead atoms. The molecule has 1 aromatic carbocycles. The van der Waals surface area contributed by atoms with Gasteiger partial charge in [-0.1, -0.05) is 12.1 Å². The van der Waals surface area contributed by atoms with Crippen LogP contribution in [0.5, 0.6) is 0 Å². The summed E-state index contributed by atoms with van der Waals surface area (Å²) in [5.74, 6) is 0.769. The van der Waals surface area contributed by atoms with Gasteiger partial charge in [-0.15, -0.1) is 10.2 Å². The van der Waals surface area contributed by atoms with Gasteiger partial charge in [-0.2, -0.15) is 0 Å². The molecule has 2 rings (SSSR count). The molecular weight excluding hydrogens is 266 g/mol. The van der Waals surface area contributed by atoms with Crippen molar-refractivity contribution in [2.75, 3.05) is 5.32 Å². The zero-order valence-electron chi connectivity index (χ0n) is 12.4. The number of hydrogen-bond donors (Lipinski definition) is 2. The van der Waals surface area contributed by atoms with Crippen molar-refractivity contribution in [1.29, 1.82) is 0 Å². The Morgan fingerprint density at radius 1 is 1.48 bits per heavy atom. The van der Waals surface area contributed by atoms with Crippen molar-refractivity contribution in [3.05, 3.63) is 30.6 Å². The van der Waals surface area contributed by atoms with E-state index in [-0.39, 0.29) is 11.9 Å². The van der Waals surface area contributed by atoms with Gasteiger partial charge in [0.2, 0.25) is 5.91 Å². The second-order valence-corrected chi connectivity index (χ2v) is 5.09. The van der Waals surface area contributed by atoms with Gasteiger partial charge in [0.15, 0.2) is 5.82 Å². The summed E-state index contributed by atoms with van der Waals surface area (Å²) in [5.41, 5.74) is 7.34. The van der Waals surface area contributed by atoms with Gasteiger partial charge in [-0.3, -0.25) is 4.79 Å². The molecule has 0 spiro atoms. The number of nitrogens with one attached hydrogen (secondary N) is 1. The molecule has 0 saturated heterocycles. The molecule has 1 atom stereocenters. The first-order valence-corrected chi connectivity index (χ1v) is 7.13. The van der Waals surface area contributed by atoms with Crippen LogP contribution in [0.15, 0.2) is 30.6 Å². The number of amides is 1. The standard InChI is InChI=1S/C15H21N5O/c1-3-20-10-17-19-15(20)12-5-4-6-13(9-12)18-14(21)8-7-11(2)16/h4-6,9-11H,3,7-8,16H2,1-2H3,(H,18,21). The highest BCUT2D eigenvalue weighted by molar-refractivity contribution is 5.91. The maximum Gasteiger partial charge on any atom is 0.224 e. The van der Waals surface area contributed by atoms with Crippen LogP contribution < -0.4 is 11.1 Å². The molecule has 1 unspecified atom stereocenters. The molecule has 0 saturated carbocycles. The van der Waals surface area contributed by atoms with Crippen LogP contribution in [0.25, 0.3) is 11.4 Å². The van der Waals surface area contributed by atoms with Crippen LogP contribution in [-0.4, -0.2) is 26.7 Å². The molecule has 0 aliphatic carbocycles. The summed E-state index contributed by atoms with van der Waals surface area (Å²) in [6, 6.07) is 7.64. The Kier molecular flexibility index (Phi) is 5.05. The highest BCUT2D eigenvalue weighted by Gasteiger charge is 2.08. The molecule has 6 nitrogen and oxygen atoms in total. The van der Waals surface area contributed by atoms with Crippen molar-refractivity contribution in [3.8, 4) is 11.4 Å². The van der Waals surface area contributed by atoms with Crippen LogP contribution >= 0.6 is 0 Å². The van der Waals surface area contributed by atoms with Gasteiger partial charge in [0.05, 0.1) is 0 Å². The maximum absolute atomic E-state index is 11.8. The normalized spacial score (nSPS) is 12.1. The van der Waals surface area contributed by atoms with Gasteiger partial charge >= 0.3 is 0 Å². The first-order chi connectivity index (χ1) is 10.1. The van der Waals surface area contributed by atoms with E-state index in [0.717, 1.165) is 23.6 Å². The van der Waals surface area contributed by atoms with E-state index in [2.05, 4.69) is 15.5 Å². The molecule has 0 fully saturated rings. The molecule has 112 valence electrons. The number of aromatic nitrogens is 3. The number of nitrogens with zero attached hydrogens (tertiary/aromatic N) is 3. The van der Waals surface area contributed by atoms with Crippen LogP contribution in [-0.2, 0) is 11.3 Å². The summed E-state index contributed by atoms with van der Waals surface area (Å²) in [4.78, 5) is 11.8. The Morgan fingerprint density at radius 3 is 3.00 bits per heavy atom. The van der Waals surface area contributed by atoms with Gasteiger partial charge in [0.25, 0.3) is 0 Å². The zero-order chi connectivity index (χ0) is 15.2. The topological polar surface area (TPSA) is 85.8 Å². The first kappa shape index (κ1) is 15.2. The van der Waals surface area contributed by atoms with Gasteiger partial charge in [-0.25, -0.2) is 0 Å². The summed E-state index contributed by atoms with van der Waals surface area (Å²) in [5, 5.41) is 10.9. The predicted octanol–water partition coefficient (Wildman–Crippen LogP) is 2.03. The Labute approximate surface area is 124 Å². The molecule has 3 N–H and O–H groups in total. The largest absolute Gasteiger partial charge is 0.328 e. The molecular formula is C15H21N5O. The second kappa shape index (κ2) is 6.99. The lowest BCUT2D eigenvalue weighted by Crippen LogP contribution is -2.19. The zero-order valence-corrected chi connectivity index (χ0v) is 12.4. The molecule has 1 heterocycles. The molecule has 1 amide bonds. The molecule has 21 heavy (non-hydrogen) atoms. The lowest BCUT2D eigenvalue weighted by atomic mass is 10.1. The molecule has 1 aromatic heterocycles. The minimum absolute atomic E-state index is 0.0265. The van der Waals surface area contributed by atoms with Crippen LogP contribution in [0.3, 0.4) is 0 Å². The lowest BCUT2D eigenvalue weighted by Gasteiger charge is -2.09. The molecule has 0 radical (unpaired) electrons. The minimum Gasteiger partial charge on any atom is -0.328 e. The number of aryl methyl sites for hydroxylation is 1. The van der Waals surface area contributed by atoms with Gasteiger partial charge in [-0.05, 0) is 32.4 Å². The lowest BCUT2D eigenvalue weighted by molar-refractivity contribution is -0.116. The van der Waals surface area contributed by atoms with Crippen molar-refractivity contribution < 1.29 is 4.79 Å². The number of carbonyl (C=O) groups excluding carboxylic acids is 1. The number of hydrogen-bond acceptors (Lipinski definition) is 4. The van der Waals surface area contributed by atoms with E-state index in [1.165, 1.54) is 0 Å². The van der Waals surface area contributed by atoms with Crippen LogP contribution in [0.2, 0.25) is 0 Å². The van der Waals surface area contributed by atoms with Gasteiger partial charge < -0.3 is 15.6 Å². The number of carbonyl (C=O) groups is 1. The summed E-state index contributed by atoms with van der Waals surface area (Å²) < 4.78 is 1.96. The number of rotatable bonds is 6. The Hall–Kier alpha value is -2.21. The smallest absolute Gasteiger partial charge is 0.224 e. The average Bonchev–Trinajstić information content (AvgIpc) is 2.94. The van der Waals surface area contributed by atoms with Crippen LogP contribution in [0, 0.1) is 0 Å². The van der Waals surface area contributed by atoms with Crippen LogP contribution in [0.1, 0.15) is 26.7 Å². The van der Waals surface area contributed by atoms with Gasteiger partial charge in [0, 0.05) is 30.3 Å². The quantitative estimate of drug-likeness (QED) is 0.851. The fourth-order valence-corrected chi connectivity index (χ4v) is 2.03. The monoisotopic (exact) mass is 287 g/mol. The van der Waals surface area contributed by atoms with E-state index >= 15 is 0 Å². The average molecular weight is 287 g/mol. The fraction of sp³-hybridized carbons (Fsp3) is 0.400. The highest BCUT2D eigenvalue weighted by atomic mass is 16.1. The molecule has 0 aliphatic heterocycles. The number of benzene rings is 1. The van der Waals surface area contributed by atoms with Crippen molar-refractivity contribution >= 4 is 11.6 Å². The first-order valence-electron chi connectivity index (χ1n) is 7.13. The Morgan fingerprint density at radius 2 is 2.29 bits per heavy atom. The Bertz CT molecular complexity index is 606. The van der Waals surface area contributed by atoms with E-state index < -0.39 is 0 Å². The van der Waals surface area contributed by atoms with Crippen LogP contribution in [0.4, 0.5) is 5.69 Å². The third kappa shape index (κ3) is 4.13. The second-order valence-electron chi connectivity index (χ2n) is 5.09. The predicted molar refractivity (Wildman–Crippen MR) is 82.6 cm³/mol. The Balaban J connectivity index is 2.09. The third-order valence-electron chi connectivity index (χ3n) is 3.19. The van der Waals surface area contributed by atoms with Crippen molar-refractivity contribution in [1.82, 2.24) is 14.8 Å². The van der Waals surface area contributed by atoms with E-state index in [4.69, 9.17) is 5.73 Å². The molecule has 2 aromatic rings. The summed E-state index contributed by atoms with van der Waals surface area (Å²) >= 11 is 0. The van der Waals surface area contributed by atoms with Crippen molar-refractivity contribution in [3.63, 3.8) is 0 Å². The fourth-order valence-electron chi connectivity index (χ4n) is 2.03. The number of nitrogens with two attached hydrogens (primary N) is 1. The summed E-state index contributed by atoms with van der Waals surface area (Å²) in [6.07, 6.45) is 2.80. The molecule has 0 aliphatic rings. The van der Waals surface area contributed by atoms with E-state index in [0.29, 0.717) is 12.8 Å². The van der Waals surface area contributed by atoms with E-state index in [1.807, 2.05) is 42.7 Å². The van der Waals surface area contributed by atoms with Crippen molar-refractivity contribution in [2.24, 2.45) is 5.73 Å². The summed E-state index contributed by atoms with van der Waals surface area (Å²) in [7, 11) is 0. The van der Waals surface area contributed by atoms with E-state index in [9.17, 15) is 4.79 Å². The SMILES string of the molecule is CCn1cnnc1-c1cccc(NC(=O)CCC(C)N)c1. The molecule has 6 heteroatoms. The maximum atomic E-state index is 11.8. The van der Waals surface area contributed by atoms with Gasteiger partial charge in [0.1, 0.15) is 6.33 Å². The third-order valence-corrected chi connectivity index (χ3v) is 3.19. The van der Waals surface area contributed by atoms with Crippen molar-refractivity contribution in [2.45, 2.75) is 39.3 Å².